The van der Waals surface area contributed by atoms with Gasteiger partial charge in [-0.3, -0.25) is 9.59 Å². The van der Waals surface area contributed by atoms with Gasteiger partial charge in [0.15, 0.2) is 11.5 Å². The van der Waals surface area contributed by atoms with Gasteiger partial charge in [0.1, 0.15) is 12.4 Å². The van der Waals surface area contributed by atoms with Crippen molar-refractivity contribution in [3.63, 3.8) is 0 Å². The normalized spacial score (nSPS) is 12.8. The zero-order valence-electron chi connectivity index (χ0n) is 20.8. The highest BCUT2D eigenvalue weighted by Crippen LogP contribution is 2.30. The van der Waals surface area contributed by atoms with Crippen molar-refractivity contribution in [2.45, 2.75) is 38.8 Å². The minimum absolute atomic E-state index is 0.00274. The molecule has 1 aliphatic rings. The number of carbonyl (C=O) groups excluding carboxylic acids is 2. The molecular weight excluding hydrogens is 479 g/mol. The molecule has 1 aliphatic carbocycles. The number of carbonyl (C=O) groups is 2. The molecule has 0 aliphatic heterocycles. The Morgan fingerprint density at radius 3 is 2.42 bits per heavy atom. The van der Waals surface area contributed by atoms with E-state index >= 15 is 0 Å². The Morgan fingerprint density at radius 2 is 1.78 bits per heavy atom. The standard InChI is InChI=1S/C28H31FN2O4S/c1-19-8-12-22(36-19)17-30(15-14-20-9-13-25(34-2)26(16-20)35-3)27(32)18-31(21-10-11-21)28(33)23-6-4-5-7-24(23)29/h4-9,12-13,16,21H,10-11,14-15,17-18H2,1-3H3. The molecule has 0 bridgehead atoms. The molecule has 190 valence electrons. The number of halogens is 1. The fraction of sp³-hybridized carbons (Fsp3) is 0.357. The zero-order valence-corrected chi connectivity index (χ0v) is 21.6. The number of amides is 2. The van der Waals surface area contributed by atoms with Crippen molar-refractivity contribution in [3.8, 4) is 11.5 Å². The number of ether oxygens (including phenoxy) is 2. The molecule has 4 rings (SSSR count). The van der Waals surface area contributed by atoms with Crippen molar-refractivity contribution in [3.05, 3.63) is 81.3 Å². The van der Waals surface area contributed by atoms with Gasteiger partial charge in [0.05, 0.1) is 26.3 Å². The lowest BCUT2D eigenvalue weighted by atomic mass is 10.1. The Labute approximate surface area is 215 Å². The predicted octanol–water partition coefficient (Wildman–Crippen LogP) is 5.09. The van der Waals surface area contributed by atoms with Crippen LogP contribution in [0, 0.1) is 12.7 Å². The van der Waals surface area contributed by atoms with Crippen LogP contribution >= 0.6 is 11.3 Å². The van der Waals surface area contributed by atoms with Crippen LogP contribution in [0.1, 0.15) is 38.5 Å². The Hall–Kier alpha value is -3.39. The van der Waals surface area contributed by atoms with E-state index < -0.39 is 11.7 Å². The minimum atomic E-state index is -0.569. The highest BCUT2D eigenvalue weighted by Gasteiger charge is 2.36. The first-order valence-corrected chi connectivity index (χ1v) is 12.8. The summed E-state index contributed by atoms with van der Waals surface area (Å²) in [6.45, 7) is 2.88. The third-order valence-corrected chi connectivity index (χ3v) is 7.26. The van der Waals surface area contributed by atoms with Crippen molar-refractivity contribution < 1.29 is 23.5 Å². The Morgan fingerprint density at radius 1 is 1.03 bits per heavy atom. The molecule has 1 aromatic heterocycles. The highest BCUT2D eigenvalue weighted by atomic mass is 32.1. The number of benzene rings is 2. The molecule has 0 spiro atoms. The molecule has 2 amide bonds. The van der Waals surface area contributed by atoms with Crippen molar-refractivity contribution >= 4 is 23.2 Å². The molecule has 1 saturated carbocycles. The summed E-state index contributed by atoms with van der Waals surface area (Å²) < 4.78 is 25.1. The van der Waals surface area contributed by atoms with Crippen LogP contribution in [0.5, 0.6) is 11.5 Å². The fourth-order valence-electron chi connectivity index (χ4n) is 4.14. The molecule has 2 aromatic carbocycles. The number of methoxy groups -OCH3 is 2. The lowest BCUT2D eigenvalue weighted by Gasteiger charge is -2.28. The van der Waals surface area contributed by atoms with E-state index in [1.807, 2.05) is 37.3 Å². The largest absolute Gasteiger partial charge is 0.493 e. The van der Waals surface area contributed by atoms with Crippen molar-refractivity contribution in [2.24, 2.45) is 0 Å². The summed E-state index contributed by atoms with van der Waals surface area (Å²) in [5, 5.41) is 0. The number of hydrogen-bond donors (Lipinski definition) is 0. The van der Waals surface area contributed by atoms with Gasteiger partial charge in [0, 0.05) is 22.3 Å². The third kappa shape index (κ3) is 6.23. The average Bonchev–Trinajstić information content (AvgIpc) is 3.65. The van der Waals surface area contributed by atoms with Crippen LogP contribution in [0.25, 0.3) is 0 Å². The fourth-order valence-corrected chi connectivity index (χ4v) is 5.04. The molecule has 0 saturated heterocycles. The molecule has 8 heteroatoms. The summed E-state index contributed by atoms with van der Waals surface area (Å²) in [5.74, 6) is 0.126. The summed E-state index contributed by atoms with van der Waals surface area (Å²) in [6.07, 6.45) is 2.26. The molecule has 36 heavy (non-hydrogen) atoms. The first-order chi connectivity index (χ1) is 17.4. The Balaban J connectivity index is 1.51. The van der Waals surface area contributed by atoms with Crippen molar-refractivity contribution in [1.29, 1.82) is 0 Å². The van der Waals surface area contributed by atoms with Crippen LogP contribution < -0.4 is 9.47 Å². The molecule has 1 heterocycles. The van der Waals surface area contributed by atoms with E-state index in [4.69, 9.17) is 9.47 Å². The molecule has 1 fully saturated rings. The van der Waals surface area contributed by atoms with Gasteiger partial charge in [-0.05, 0) is 68.1 Å². The summed E-state index contributed by atoms with van der Waals surface area (Å²) in [5.41, 5.74) is 1.01. The lowest BCUT2D eigenvalue weighted by Crippen LogP contribution is -2.44. The van der Waals surface area contributed by atoms with Crippen LogP contribution in [0.15, 0.2) is 54.6 Å². The van der Waals surface area contributed by atoms with E-state index in [-0.39, 0.29) is 24.1 Å². The van der Waals surface area contributed by atoms with E-state index in [1.54, 1.807) is 42.6 Å². The molecule has 0 radical (unpaired) electrons. The smallest absolute Gasteiger partial charge is 0.257 e. The first-order valence-electron chi connectivity index (χ1n) is 12.0. The van der Waals surface area contributed by atoms with Crippen LogP contribution in [0.4, 0.5) is 4.39 Å². The summed E-state index contributed by atoms with van der Waals surface area (Å²) in [4.78, 5) is 32.3. The maximum Gasteiger partial charge on any atom is 0.257 e. The summed E-state index contributed by atoms with van der Waals surface area (Å²) in [7, 11) is 3.19. The number of nitrogens with zero attached hydrogens (tertiary/aromatic N) is 2. The van der Waals surface area contributed by atoms with Crippen LogP contribution in [0.2, 0.25) is 0 Å². The molecule has 0 atom stereocenters. The second-order valence-electron chi connectivity index (χ2n) is 8.91. The monoisotopic (exact) mass is 510 g/mol. The topological polar surface area (TPSA) is 59.1 Å². The van der Waals surface area contributed by atoms with Gasteiger partial charge < -0.3 is 19.3 Å². The van der Waals surface area contributed by atoms with E-state index in [9.17, 15) is 14.0 Å². The number of aryl methyl sites for hydroxylation is 1. The first kappa shape index (κ1) is 25.7. The summed E-state index contributed by atoms with van der Waals surface area (Å²) in [6, 6.07) is 15.7. The second-order valence-corrected chi connectivity index (χ2v) is 10.3. The number of hydrogen-bond acceptors (Lipinski definition) is 5. The van der Waals surface area contributed by atoms with Gasteiger partial charge in [-0.15, -0.1) is 11.3 Å². The Bertz CT molecular complexity index is 1220. The molecule has 6 nitrogen and oxygen atoms in total. The quantitative estimate of drug-likeness (QED) is 0.361. The van der Waals surface area contributed by atoms with E-state index in [0.29, 0.717) is 31.0 Å². The van der Waals surface area contributed by atoms with Gasteiger partial charge in [-0.25, -0.2) is 4.39 Å². The highest BCUT2D eigenvalue weighted by molar-refractivity contribution is 7.11. The van der Waals surface area contributed by atoms with E-state index in [2.05, 4.69) is 0 Å². The molecule has 0 unspecified atom stereocenters. The third-order valence-electron chi connectivity index (χ3n) is 6.27. The average molecular weight is 511 g/mol. The van der Waals surface area contributed by atoms with E-state index in [0.717, 1.165) is 23.3 Å². The maximum absolute atomic E-state index is 14.3. The van der Waals surface area contributed by atoms with Crippen molar-refractivity contribution in [1.82, 2.24) is 9.80 Å². The predicted molar refractivity (Wildman–Crippen MR) is 138 cm³/mol. The van der Waals surface area contributed by atoms with Gasteiger partial charge >= 0.3 is 0 Å². The van der Waals surface area contributed by atoms with Gasteiger partial charge in [0.25, 0.3) is 5.91 Å². The van der Waals surface area contributed by atoms with Crippen LogP contribution in [-0.2, 0) is 17.8 Å². The van der Waals surface area contributed by atoms with Crippen LogP contribution in [0.3, 0.4) is 0 Å². The molecule has 3 aromatic rings. The van der Waals surface area contributed by atoms with Crippen LogP contribution in [-0.4, -0.2) is 55.0 Å². The lowest BCUT2D eigenvalue weighted by molar-refractivity contribution is -0.132. The SMILES string of the molecule is COc1ccc(CCN(Cc2ccc(C)s2)C(=O)CN(C(=O)c2ccccc2F)C2CC2)cc1OC. The number of rotatable bonds is 11. The van der Waals surface area contributed by atoms with Gasteiger partial charge in [-0.1, -0.05) is 18.2 Å². The molecule has 0 N–H and O–H groups in total. The number of thiophene rings is 1. The minimum Gasteiger partial charge on any atom is -0.493 e. The Kier molecular flexibility index (Phi) is 8.25. The second kappa shape index (κ2) is 11.6. The van der Waals surface area contributed by atoms with E-state index in [1.165, 1.54) is 21.9 Å². The van der Waals surface area contributed by atoms with Gasteiger partial charge in [-0.2, -0.15) is 0 Å². The molecular formula is C28H31FN2O4S. The van der Waals surface area contributed by atoms with Gasteiger partial charge in [0.2, 0.25) is 5.91 Å². The van der Waals surface area contributed by atoms with Crippen molar-refractivity contribution in [2.75, 3.05) is 27.3 Å². The summed E-state index contributed by atoms with van der Waals surface area (Å²) >= 11 is 1.65. The zero-order chi connectivity index (χ0) is 25.7. The maximum atomic E-state index is 14.3.